The first kappa shape index (κ1) is 14.2. The maximum atomic E-state index is 12.2. The Kier molecular flexibility index (Phi) is 3.99. The molecule has 0 saturated carbocycles. The van der Waals surface area contributed by atoms with Gasteiger partial charge >= 0.3 is 0 Å². The first-order valence-corrected chi connectivity index (χ1v) is 8.16. The molecule has 0 radical (unpaired) electrons. The number of nitrogens with one attached hydrogen (secondary N) is 1. The van der Waals surface area contributed by atoms with Gasteiger partial charge in [-0.05, 0) is 56.5 Å². The topological polar surface area (TPSA) is 46.9 Å². The average Bonchev–Trinajstić information content (AvgIpc) is 2.54. The van der Waals surface area contributed by atoms with Crippen molar-refractivity contribution in [2.75, 3.05) is 0 Å². The van der Waals surface area contributed by atoms with E-state index in [-0.39, 0.29) is 10.8 Å². The van der Waals surface area contributed by atoms with Crippen molar-refractivity contribution in [1.82, 2.24) is 14.5 Å². The van der Waals surface area contributed by atoms with E-state index < -0.39 is 11.0 Å². The normalized spacial score (nSPS) is 21.7. The predicted molar refractivity (Wildman–Crippen MR) is 77.7 cm³/mol. The van der Waals surface area contributed by atoms with Crippen molar-refractivity contribution >= 4 is 26.9 Å². The van der Waals surface area contributed by atoms with E-state index in [2.05, 4.69) is 25.8 Å². The highest BCUT2D eigenvalue weighted by Gasteiger charge is 2.30. The van der Waals surface area contributed by atoms with Gasteiger partial charge < -0.3 is 0 Å². The molecule has 0 fully saturated rings. The molecule has 0 aliphatic carbocycles. The summed E-state index contributed by atoms with van der Waals surface area (Å²) in [6, 6.07) is 0.120. The van der Waals surface area contributed by atoms with Crippen LogP contribution in [0.2, 0.25) is 0 Å². The second-order valence-corrected chi connectivity index (χ2v) is 8.49. The van der Waals surface area contributed by atoms with Crippen LogP contribution in [-0.2, 0) is 17.5 Å². The number of aryl methyl sites for hydroxylation is 2. The second-order valence-electron chi connectivity index (χ2n) is 5.70. The quantitative estimate of drug-likeness (QED) is 0.904. The van der Waals surface area contributed by atoms with Gasteiger partial charge in [-0.1, -0.05) is 0 Å². The Hall–Kier alpha value is -0.200. The molecule has 1 N–H and O–H groups in total. The zero-order valence-electron chi connectivity index (χ0n) is 11.3. The maximum Gasteiger partial charge on any atom is 0.0976 e. The van der Waals surface area contributed by atoms with Crippen LogP contribution in [-0.4, -0.2) is 18.7 Å². The van der Waals surface area contributed by atoms with E-state index in [0.29, 0.717) is 0 Å². The number of aromatic nitrogens is 2. The summed E-state index contributed by atoms with van der Waals surface area (Å²) >= 11 is 3.59. The van der Waals surface area contributed by atoms with E-state index in [1.54, 1.807) is 0 Å². The Morgan fingerprint density at radius 2 is 2.17 bits per heavy atom. The van der Waals surface area contributed by atoms with E-state index in [1.165, 1.54) is 0 Å². The van der Waals surface area contributed by atoms with Crippen LogP contribution < -0.4 is 4.72 Å². The zero-order valence-corrected chi connectivity index (χ0v) is 13.7. The van der Waals surface area contributed by atoms with Gasteiger partial charge in [0.15, 0.2) is 0 Å². The van der Waals surface area contributed by atoms with Gasteiger partial charge in [0.05, 0.1) is 37.6 Å². The molecule has 102 valence electrons. The molecule has 18 heavy (non-hydrogen) atoms. The highest BCUT2D eigenvalue weighted by Crippen LogP contribution is 2.33. The molecule has 6 heteroatoms. The van der Waals surface area contributed by atoms with Gasteiger partial charge in [-0.25, -0.2) is 8.93 Å². The van der Waals surface area contributed by atoms with Crippen LogP contribution >= 0.6 is 15.9 Å². The third-order valence-corrected chi connectivity index (χ3v) is 5.68. The number of nitrogens with zero attached hydrogens (tertiary/aromatic N) is 2. The standard InChI is InChI=1S/C12H20BrN3OS/c1-8-10(13)11-9(6-5-7-16(11)14-8)15-18(17)12(2,3)4/h9,15H,5-7H2,1-4H3/t9-,18-/m1/s1. The third kappa shape index (κ3) is 2.70. The van der Waals surface area contributed by atoms with Gasteiger partial charge in [0.25, 0.3) is 0 Å². The summed E-state index contributed by atoms with van der Waals surface area (Å²) in [6.45, 7) is 8.89. The number of fused-ring (bicyclic) bond motifs is 1. The van der Waals surface area contributed by atoms with Crippen LogP contribution in [0.25, 0.3) is 0 Å². The molecule has 4 nitrogen and oxygen atoms in total. The SMILES string of the molecule is Cc1nn2c(c1Br)[C@H](N[S@](=O)C(C)(C)C)CCC2. The number of hydrogen-bond donors (Lipinski definition) is 1. The molecule has 0 amide bonds. The molecule has 1 aliphatic heterocycles. The van der Waals surface area contributed by atoms with E-state index >= 15 is 0 Å². The Bertz CT molecular complexity index is 478. The fourth-order valence-electron chi connectivity index (χ4n) is 2.08. The van der Waals surface area contributed by atoms with Crippen LogP contribution in [0.15, 0.2) is 4.47 Å². The van der Waals surface area contributed by atoms with E-state index in [9.17, 15) is 4.21 Å². The van der Waals surface area contributed by atoms with Crippen LogP contribution in [0.4, 0.5) is 0 Å². The predicted octanol–water partition coefficient (Wildman–Crippen LogP) is 2.84. The van der Waals surface area contributed by atoms with Crippen molar-refractivity contribution in [2.45, 2.75) is 57.9 Å². The molecule has 0 saturated heterocycles. The molecule has 0 aromatic carbocycles. The molecule has 0 bridgehead atoms. The zero-order chi connectivity index (χ0) is 13.5. The molecule has 1 aliphatic rings. The lowest BCUT2D eigenvalue weighted by Gasteiger charge is -2.28. The molecule has 0 spiro atoms. The largest absolute Gasteiger partial charge is 0.267 e. The van der Waals surface area contributed by atoms with Gasteiger partial charge in [-0.3, -0.25) is 4.68 Å². The molecule has 2 heterocycles. The van der Waals surface area contributed by atoms with E-state index in [1.807, 2.05) is 32.4 Å². The summed E-state index contributed by atoms with van der Waals surface area (Å²) in [5, 5.41) is 4.50. The van der Waals surface area contributed by atoms with Gasteiger partial charge in [0, 0.05) is 6.54 Å². The van der Waals surface area contributed by atoms with E-state index in [0.717, 1.165) is 35.2 Å². The van der Waals surface area contributed by atoms with Crippen molar-refractivity contribution in [2.24, 2.45) is 0 Å². The monoisotopic (exact) mass is 333 g/mol. The first-order chi connectivity index (χ1) is 8.30. The fourth-order valence-corrected chi connectivity index (χ4v) is 3.49. The molecular formula is C12H20BrN3OS. The lowest BCUT2D eigenvalue weighted by molar-refractivity contribution is 0.409. The Labute approximate surface area is 119 Å². The van der Waals surface area contributed by atoms with Gasteiger partial charge in [-0.2, -0.15) is 5.10 Å². The van der Waals surface area contributed by atoms with Crippen LogP contribution in [0, 0.1) is 6.92 Å². The number of halogens is 1. The third-order valence-electron chi connectivity index (χ3n) is 3.09. The summed E-state index contributed by atoms with van der Waals surface area (Å²) in [4.78, 5) is 0. The summed E-state index contributed by atoms with van der Waals surface area (Å²) in [5.41, 5.74) is 2.14. The highest BCUT2D eigenvalue weighted by atomic mass is 79.9. The smallest absolute Gasteiger partial charge is 0.0976 e. The average molecular weight is 334 g/mol. The minimum atomic E-state index is -1.05. The van der Waals surface area contributed by atoms with Crippen LogP contribution in [0.3, 0.4) is 0 Å². The van der Waals surface area contributed by atoms with Crippen molar-refractivity contribution in [3.63, 3.8) is 0 Å². The van der Waals surface area contributed by atoms with Gasteiger partial charge in [0.1, 0.15) is 0 Å². The lowest BCUT2D eigenvalue weighted by Crippen LogP contribution is -2.37. The van der Waals surface area contributed by atoms with Crippen molar-refractivity contribution in [1.29, 1.82) is 0 Å². The molecule has 2 rings (SSSR count). The van der Waals surface area contributed by atoms with Gasteiger partial charge in [0.2, 0.25) is 0 Å². The summed E-state index contributed by atoms with van der Waals surface area (Å²) in [6.07, 6.45) is 2.07. The van der Waals surface area contributed by atoms with Crippen molar-refractivity contribution in [3.8, 4) is 0 Å². The summed E-state index contributed by atoms with van der Waals surface area (Å²) < 4.78 is 18.3. The molecular weight excluding hydrogens is 314 g/mol. The summed E-state index contributed by atoms with van der Waals surface area (Å²) in [5.74, 6) is 0. The Morgan fingerprint density at radius 3 is 2.78 bits per heavy atom. The Morgan fingerprint density at radius 1 is 1.50 bits per heavy atom. The molecule has 1 aromatic rings. The van der Waals surface area contributed by atoms with E-state index in [4.69, 9.17) is 0 Å². The van der Waals surface area contributed by atoms with Crippen LogP contribution in [0.1, 0.15) is 51.0 Å². The lowest BCUT2D eigenvalue weighted by atomic mass is 10.1. The fraction of sp³-hybridized carbons (Fsp3) is 0.750. The Balaban J connectivity index is 2.25. The molecule has 2 atom stereocenters. The maximum absolute atomic E-state index is 12.2. The number of rotatable bonds is 2. The van der Waals surface area contributed by atoms with Crippen LogP contribution in [0.5, 0.6) is 0 Å². The second kappa shape index (κ2) is 5.06. The molecule has 1 aromatic heterocycles. The minimum absolute atomic E-state index is 0.120. The summed E-state index contributed by atoms with van der Waals surface area (Å²) in [7, 11) is -1.05. The minimum Gasteiger partial charge on any atom is -0.267 e. The molecule has 0 unspecified atom stereocenters. The van der Waals surface area contributed by atoms with Crippen molar-refractivity contribution < 1.29 is 4.21 Å². The van der Waals surface area contributed by atoms with Crippen molar-refractivity contribution in [3.05, 3.63) is 15.9 Å². The number of hydrogen-bond acceptors (Lipinski definition) is 2. The first-order valence-electron chi connectivity index (χ1n) is 6.21. The van der Waals surface area contributed by atoms with Gasteiger partial charge in [-0.15, -0.1) is 0 Å². The highest BCUT2D eigenvalue weighted by molar-refractivity contribution is 9.10.